The molecule has 0 fully saturated rings. The van der Waals surface area contributed by atoms with Gasteiger partial charge in [0.05, 0.1) is 0 Å². The molecule has 116 valence electrons. The third kappa shape index (κ3) is 2.96. The highest BCUT2D eigenvalue weighted by molar-refractivity contribution is 5.90. The van der Waals surface area contributed by atoms with Crippen LogP contribution in [0.4, 0.5) is 0 Å². The van der Waals surface area contributed by atoms with Gasteiger partial charge in [0.15, 0.2) is 0 Å². The third-order valence-corrected chi connectivity index (χ3v) is 4.58. The van der Waals surface area contributed by atoms with Gasteiger partial charge in [0.25, 0.3) is 0 Å². The lowest BCUT2D eigenvalue weighted by atomic mass is 10.00. The SMILES string of the molecule is C(=Cc1cccc2ccccc12)CCc1cccc2ccccc12. The Balaban J connectivity index is 1.53. The lowest BCUT2D eigenvalue weighted by Crippen LogP contribution is -1.86. The molecule has 0 unspecified atom stereocenters. The maximum absolute atomic E-state index is 2.30. The molecule has 0 saturated heterocycles. The zero-order valence-corrected chi connectivity index (χ0v) is 13.7. The molecule has 0 aliphatic carbocycles. The predicted octanol–water partition coefficient (Wildman–Crippen LogP) is 6.64. The molecule has 0 spiro atoms. The minimum atomic E-state index is 1.05. The Labute approximate surface area is 143 Å². The molecule has 0 radical (unpaired) electrons. The van der Waals surface area contributed by atoms with Crippen LogP contribution in [0.15, 0.2) is 91.0 Å². The van der Waals surface area contributed by atoms with Crippen molar-refractivity contribution in [1.82, 2.24) is 0 Å². The normalized spacial score (nSPS) is 11.5. The van der Waals surface area contributed by atoms with Gasteiger partial charge in [0, 0.05) is 0 Å². The summed E-state index contributed by atoms with van der Waals surface area (Å²) in [6, 6.07) is 30.3. The van der Waals surface area contributed by atoms with Gasteiger partial charge in [-0.15, -0.1) is 0 Å². The van der Waals surface area contributed by atoms with Crippen LogP contribution in [0.25, 0.3) is 27.6 Å². The van der Waals surface area contributed by atoms with E-state index in [0.29, 0.717) is 0 Å². The van der Waals surface area contributed by atoms with Crippen LogP contribution in [-0.4, -0.2) is 0 Å². The second-order valence-electron chi connectivity index (χ2n) is 6.15. The second kappa shape index (κ2) is 6.72. The van der Waals surface area contributed by atoms with Crippen LogP contribution in [0, 0.1) is 0 Å². The van der Waals surface area contributed by atoms with E-state index in [1.807, 2.05) is 0 Å². The molecule has 0 N–H and O–H groups in total. The van der Waals surface area contributed by atoms with E-state index < -0.39 is 0 Å². The first-order valence-electron chi connectivity index (χ1n) is 8.53. The quantitative estimate of drug-likeness (QED) is 0.396. The highest BCUT2D eigenvalue weighted by atomic mass is 14.0. The molecule has 24 heavy (non-hydrogen) atoms. The maximum atomic E-state index is 2.30. The molecule has 0 saturated carbocycles. The zero-order valence-electron chi connectivity index (χ0n) is 13.7. The summed E-state index contributed by atoms with van der Waals surface area (Å²) >= 11 is 0. The van der Waals surface area contributed by atoms with Gasteiger partial charge >= 0.3 is 0 Å². The molecular formula is C24H20. The molecule has 0 heteroatoms. The summed E-state index contributed by atoms with van der Waals surface area (Å²) in [6.07, 6.45) is 6.68. The molecule has 4 aromatic carbocycles. The highest BCUT2D eigenvalue weighted by Gasteiger charge is 1.99. The molecule has 0 nitrogen and oxygen atoms in total. The van der Waals surface area contributed by atoms with E-state index >= 15 is 0 Å². The van der Waals surface area contributed by atoms with Crippen molar-refractivity contribution in [3.63, 3.8) is 0 Å². The molecule has 0 bridgehead atoms. The average Bonchev–Trinajstić information content (AvgIpc) is 2.65. The standard InChI is InChI=1S/C24H20/c1(9-19-13-7-15-21-11-3-5-17-23(19)21)2-10-20-14-8-16-22-12-4-6-18-24(20)22/h1,3-9,11-18H,2,10H2. The number of benzene rings is 4. The molecule has 0 aliphatic heterocycles. The summed E-state index contributed by atoms with van der Waals surface area (Å²) in [5, 5.41) is 5.32. The molecule has 4 rings (SSSR count). The Hall–Kier alpha value is -2.86. The largest absolute Gasteiger partial charge is 0.0836 e. The number of hydrogen-bond acceptors (Lipinski definition) is 0. The number of allylic oxidation sites excluding steroid dienone is 1. The minimum absolute atomic E-state index is 1.05. The third-order valence-electron chi connectivity index (χ3n) is 4.58. The van der Waals surface area contributed by atoms with Gasteiger partial charge in [-0.1, -0.05) is 97.1 Å². The average molecular weight is 308 g/mol. The Morgan fingerprint density at radius 2 is 1.21 bits per heavy atom. The van der Waals surface area contributed by atoms with E-state index in [1.54, 1.807) is 0 Å². The van der Waals surface area contributed by atoms with Gasteiger partial charge in [0.2, 0.25) is 0 Å². The zero-order chi connectivity index (χ0) is 16.2. The summed E-state index contributed by atoms with van der Waals surface area (Å²) in [4.78, 5) is 0. The van der Waals surface area contributed by atoms with Crippen molar-refractivity contribution < 1.29 is 0 Å². The van der Waals surface area contributed by atoms with Crippen LogP contribution in [0.1, 0.15) is 17.5 Å². The second-order valence-corrected chi connectivity index (χ2v) is 6.15. The van der Waals surface area contributed by atoms with Crippen LogP contribution in [0.2, 0.25) is 0 Å². The van der Waals surface area contributed by atoms with Crippen molar-refractivity contribution in [2.24, 2.45) is 0 Å². The smallest absolute Gasteiger partial charge is 0.0112 e. The van der Waals surface area contributed by atoms with Crippen molar-refractivity contribution in [2.75, 3.05) is 0 Å². The van der Waals surface area contributed by atoms with E-state index in [4.69, 9.17) is 0 Å². The summed E-state index contributed by atoms with van der Waals surface area (Å²) in [5.74, 6) is 0. The first-order chi connectivity index (χ1) is 11.9. The summed E-state index contributed by atoms with van der Waals surface area (Å²) in [7, 11) is 0. The lowest BCUT2D eigenvalue weighted by Gasteiger charge is -2.05. The van der Waals surface area contributed by atoms with E-state index in [-0.39, 0.29) is 0 Å². The number of fused-ring (bicyclic) bond motifs is 2. The van der Waals surface area contributed by atoms with Crippen molar-refractivity contribution in [3.05, 3.63) is 102 Å². The fourth-order valence-corrected chi connectivity index (χ4v) is 3.36. The topological polar surface area (TPSA) is 0 Å². The van der Waals surface area contributed by atoms with Crippen molar-refractivity contribution in [3.8, 4) is 0 Å². The Morgan fingerprint density at radius 3 is 2.04 bits per heavy atom. The Bertz CT molecular complexity index is 998. The van der Waals surface area contributed by atoms with Gasteiger partial charge in [-0.25, -0.2) is 0 Å². The molecule has 0 aromatic heterocycles. The molecule has 0 amide bonds. The van der Waals surface area contributed by atoms with E-state index in [9.17, 15) is 0 Å². The first kappa shape index (κ1) is 14.7. The van der Waals surface area contributed by atoms with Gasteiger partial charge < -0.3 is 0 Å². The summed E-state index contributed by atoms with van der Waals surface area (Å²) in [5.41, 5.74) is 2.72. The van der Waals surface area contributed by atoms with E-state index in [2.05, 4.69) is 97.1 Å². The van der Waals surface area contributed by atoms with Crippen LogP contribution in [-0.2, 0) is 6.42 Å². The van der Waals surface area contributed by atoms with Crippen molar-refractivity contribution >= 4 is 27.6 Å². The van der Waals surface area contributed by atoms with Gasteiger partial charge in [-0.3, -0.25) is 0 Å². The van der Waals surface area contributed by atoms with E-state index in [1.165, 1.54) is 32.7 Å². The van der Waals surface area contributed by atoms with Crippen LogP contribution < -0.4 is 0 Å². The molecular weight excluding hydrogens is 288 g/mol. The molecule has 4 aromatic rings. The summed E-state index contributed by atoms with van der Waals surface area (Å²) in [6.45, 7) is 0. The summed E-state index contributed by atoms with van der Waals surface area (Å²) < 4.78 is 0. The predicted molar refractivity (Wildman–Crippen MR) is 105 cm³/mol. The minimum Gasteiger partial charge on any atom is -0.0836 e. The number of aryl methyl sites for hydroxylation is 1. The fourth-order valence-electron chi connectivity index (χ4n) is 3.36. The van der Waals surface area contributed by atoms with Gasteiger partial charge in [-0.05, 0) is 45.5 Å². The fraction of sp³-hybridized carbons (Fsp3) is 0.0833. The molecule has 0 aliphatic rings. The van der Waals surface area contributed by atoms with Crippen LogP contribution in [0.3, 0.4) is 0 Å². The van der Waals surface area contributed by atoms with Crippen LogP contribution in [0.5, 0.6) is 0 Å². The molecule has 0 atom stereocenters. The maximum Gasteiger partial charge on any atom is -0.0112 e. The molecule has 0 heterocycles. The van der Waals surface area contributed by atoms with Gasteiger partial charge in [0.1, 0.15) is 0 Å². The lowest BCUT2D eigenvalue weighted by molar-refractivity contribution is 1.02. The van der Waals surface area contributed by atoms with Crippen molar-refractivity contribution in [2.45, 2.75) is 12.8 Å². The first-order valence-corrected chi connectivity index (χ1v) is 8.53. The monoisotopic (exact) mass is 308 g/mol. The van der Waals surface area contributed by atoms with Crippen molar-refractivity contribution in [1.29, 1.82) is 0 Å². The van der Waals surface area contributed by atoms with E-state index in [0.717, 1.165) is 12.8 Å². The Morgan fingerprint density at radius 1 is 0.583 bits per heavy atom. The highest BCUT2D eigenvalue weighted by Crippen LogP contribution is 2.22. The Kier molecular flexibility index (Phi) is 4.12. The number of rotatable bonds is 4. The van der Waals surface area contributed by atoms with Gasteiger partial charge in [-0.2, -0.15) is 0 Å². The van der Waals surface area contributed by atoms with Crippen LogP contribution >= 0.6 is 0 Å². The number of hydrogen-bond donors (Lipinski definition) is 0.